The maximum Gasteiger partial charge on any atom is 0.494 e. The van der Waals surface area contributed by atoms with E-state index in [1.165, 1.54) is 0 Å². The Balaban J connectivity index is 1.67. The van der Waals surface area contributed by atoms with Gasteiger partial charge in [0.25, 0.3) is 0 Å². The average Bonchev–Trinajstić information content (AvgIpc) is 2.87. The van der Waals surface area contributed by atoms with Gasteiger partial charge in [0.05, 0.1) is 25.4 Å². The third-order valence-electron chi connectivity index (χ3n) is 5.15. The zero-order chi connectivity index (χ0) is 19.7. The standard InChI is InChI=1S/C20H26BNO5/c1-19(2)20(3,4)27-21(26-19)14-7-9-15(10-8-14)25-13-16-18(24-6)17(23-5)11-12-22-16/h7-12H,13H2,1-6H3. The van der Waals surface area contributed by atoms with Crippen LogP contribution >= 0.6 is 0 Å². The molecule has 1 aromatic carbocycles. The van der Waals surface area contributed by atoms with Crippen LogP contribution in [-0.2, 0) is 15.9 Å². The highest BCUT2D eigenvalue weighted by Crippen LogP contribution is 2.36. The molecule has 1 aromatic heterocycles. The second kappa shape index (κ2) is 7.41. The van der Waals surface area contributed by atoms with Gasteiger partial charge in [0.2, 0.25) is 0 Å². The number of nitrogens with zero attached hydrogens (tertiary/aromatic N) is 1. The Kier molecular flexibility index (Phi) is 5.35. The fourth-order valence-corrected chi connectivity index (χ4v) is 2.81. The van der Waals surface area contributed by atoms with E-state index in [1.807, 2.05) is 52.0 Å². The highest BCUT2D eigenvalue weighted by molar-refractivity contribution is 6.62. The van der Waals surface area contributed by atoms with Crippen LogP contribution < -0.4 is 19.7 Å². The first-order valence-corrected chi connectivity index (χ1v) is 8.91. The van der Waals surface area contributed by atoms with Crippen molar-refractivity contribution in [2.75, 3.05) is 14.2 Å². The van der Waals surface area contributed by atoms with Gasteiger partial charge in [-0.25, -0.2) is 0 Å². The molecule has 1 saturated heterocycles. The van der Waals surface area contributed by atoms with Crippen molar-refractivity contribution in [3.63, 3.8) is 0 Å². The van der Waals surface area contributed by atoms with Crippen molar-refractivity contribution in [3.8, 4) is 17.2 Å². The molecule has 1 fully saturated rings. The Morgan fingerprint density at radius 3 is 2.11 bits per heavy atom. The fraction of sp³-hybridized carbons (Fsp3) is 0.450. The molecule has 0 radical (unpaired) electrons. The summed E-state index contributed by atoms with van der Waals surface area (Å²) < 4.78 is 28.7. The van der Waals surface area contributed by atoms with Gasteiger partial charge in [-0.1, -0.05) is 12.1 Å². The lowest BCUT2D eigenvalue weighted by Gasteiger charge is -2.32. The molecule has 0 bridgehead atoms. The summed E-state index contributed by atoms with van der Waals surface area (Å²) >= 11 is 0. The highest BCUT2D eigenvalue weighted by atomic mass is 16.7. The number of methoxy groups -OCH3 is 2. The van der Waals surface area contributed by atoms with E-state index in [0.717, 1.165) is 11.2 Å². The first-order chi connectivity index (χ1) is 12.8. The molecule has 2 aromatic rings. The summed E-state index contributed by atoms with van der Waals surface area (Å²) in [6.45, 7) is 8.44. The van der Waals surface area contributed by atoms with Gasteiger partial charge in [-0.05, 0) is 45.3 Å². The molecule has 6 nitrogen and oxygen atoms in total. The number of hydrogen-bond donors (Lipinski definition) is 0. The van der Waals surface area contributed by atoms with Crippen LogP contribution in [-0.4, -0.2) is 37.5 Å². The van der Waals surface area contributed by atoms with Gasteiger partial charge in [-0.15, -0.1) is 0 Å². The number of ether oxygens (including phenoxy) is 3. The van der Waals surface area contributed by atoms with Gasteiger partial charge in [0.15, 0.2) is 11.5 Å². The molecule has 1 aliphatic heterocycles. The summed E-state index contributed by atoms with van der Waals surface area (Å²) in [7, 11) is 2.79. The predicted molar refractivity (Wildman–Crippen MR) is 104 cm³/mol. The summed E-state index contributed by atoms with van der Waals surface area (Å²) in [5.74, 6) is 1.93. The number of hydrogen-bond acceptors (Lipinski definition) is 6. The molecule has 144 valence electrons. The largest absolute Gasteiger partial charge is 0.494 e. The molecular formula is C20H26BNO5. The molecule has 0 saturated carbocycles. The molecule has 7 heteroatoms. The lowest BCUT2D eigenvalue weighted by atomic mass is 9.79. The molecule has 0 spiro atoms. The van der Waals surface area contributed by atoms with Gasteiger partial charge in [0, 0.05) is 12.3 Å². The lowest BCUT2D eigenvalue weighted by Crippen LogP contribution is -2.41. The van der Waals surface area contributed by atoms with Crippen LogP contribution in [0.4, 0.5) is 0 Å². The molecule has 0 N–H and O–H groups in total. The van der Waals surface area contributed by atoms with Crippen molar-refractivity contribution >= 4 is 12.6 Å². The van der Waals surface area contributed by atoms with E-state index >= 15 is 0 Å². The van der Waals surface area contributed by atoms with Crippen LogP contribution in [0, 0.1) is 0 Å². The summed E-state index contributed by atoms with van der Waals surface area (Å²) in [4.78, 5) is 4.32. The Bertz CT molecular complexity index is 775. The van der Waals surface area contributed by atoms with E-state index in [1.54, 1.807) is 26.5 Å². The van der Waals surface area contributed by atoms with Crippen LogP contribution in [0.1, 0.15) is 33.4 Å². The first kappa shape index (κ1) is 19.5. The smallest absolute Gasteiger partial charge is 0.493 e. The topological polar surface area (TPSA) is 59.0 Å². The Morgan fingerprint density at radius 1 is 0.926 bits per heavy atom. The number of pyridine rings is 1. The summed E-state index contributed by atoms with van der Waals surface area (Å²) in [6.07, 6.45) is 1.67. The second-order valence-electron chi connectivity index (χ2n) is 7.44. The molecule has 0 amide bonds. The third-order valence-corrected chi connectivity index (χ3v) is 5.15. The minimum absolute atomic E-state index is 0.274. The normalized spacial score (nSPS) is 17.6. The van der Waals surface area contributed by atoms with Gasteiger partial charge in [0.1, 0.15) is 18.1 Å². The van der Waals surface area contributed by atoms with E-state index in [0.29, 0.717) is 17.2 Å². The molecule has 27 heavy (non-hydrogen) atoms. The molecule has 3 rings (SSSR count). The van der Waals surface area contributed by atoms with Crippen molar-refractivity contribution in [1.82, 2.24) is 4.98 Å². The van der Waals surface area contributed by atoms with Crippen molar-refractivity contribution in [2.45, 2.75) is 45.5 Å². The quantitative estimate of drug-likeness (QED) is 0.728. The Hall–Kier alpha value is -2.25. The van der Waals surface area contributed by atoms with Crippen LogP contribution in [0.25, 0.3) is 0 Å². The van der Waals surface area contributed by atoms with Crippen molar-refractivity contribution in [2.24, 2.45) is 0 Å². The number of rotatable bonds is 6. The van der Waals surface area contributed by atoms with Crippen LogP contribution in [0.3, 0.4) is 0 Å². The zero-order valence-corrected chi connectivity index (χ0v) is 16.7. The monoisotopic (exact) mass is 371 g/mol. The maximum atomic E-state index is 6.07. The van der Waals surface area contributed by atoms with Crippen LogP contribution in [0.5, 0.6) is 17.2 Å². The van der Waals surface area contributed by atoms with E-state index in [2.05, 4.69) is 4.98 Å². The minimum atomic E-state index is -0.385. The maximum absolute atomic E-state index is 6.07. The second-order valence-corrected chi connectivity index (χ2v) is 7.44. The summed E-state index contributed by atoms with van der Waals surface area (Å²) in [5.41, 5.74) is 0.910. The van der Waals surface area contributed by atoms with E-state index in [-0.39, 0.29) is 24.9 Å². The highest BCUT2D eigenvalue weighted by Gasteiger charge is 2.51. The Morgan fingerprint density at radius 2 is 1.56 bits per heavy atom. The average molecular weight is 371 g/mol. The lowest BCUT2D eigenvalue weighted by molar-refractivity contribution is 0.00578. The van der Waals surface area contributed by atoms with Crippen LogP contribution in [0.2, 0.25) is 0 Å². The van der Waals surface area contributed by atoms with Crippen molar-refractivity contribution in [1.29, 1.82) is 0 Å². The SMILES string of the molecule is COc1ccnc(COc2ccc(B3OC(C)(C)C(C)(C)O3)cc2)c1OC. The van der Waals surface area contributed by atoms with E-state index in [9.17, 15) is 0 Å². The first-order valence-electron chi connectivity index (χ1n) is 8.91. The number of benzene rings is 1. The molecule has 2 heterocycles. The van der Waals surface area contributed by atoms with E-state index < -0.39 is 0 Å². The molecule has 0 unspecified atom stereocenters. The summed E-state index contributed by atoms with van der Waals surface area (Å²) in [5, 5.41) is 0. The third kappa shape index (κ3) is 3.89. The minimum Gasteiger partial charge on any atom is -0.493 e. The predicted octanol–water partition coefficient (Wildman–Crippen LogP) is 2.98. The van der Waals surface area contributed by atoms with Crippen molar-refractivity contribution in [3.05, 3.63) is 42.2 Å². The molecule has 0 atom stereocenters. The van der Waals surface area contributed by atoms with Gasteiger partial charge in [-0.3, -0.25) is 4.98 Å². The van der Waals surface area contributed by atoms with Gasteiger partial charge < -0.3 is 23.5 Å². The fourth-order valence-electron chi connectivity index (χ4n) is 2.81. The Labute approximate surface area is 160 Å². The molecular weight excluding hydrogens is 345 g/mol. The zero-order valence-electron chi connectivity index (χ0n) is 16.7. The molecule has 1 aliphatic rings. The number of aromatic nitrogens is 1. The van der Waals surface area contributed by atoms with Gasteiger partial charge >= 0.3 is 7.12 Å². The van der Waals surface area contributed by atoms with Gasteiger partial charge in [-0.2, -0.15) is 0 Å². The van der Waals surface area contributed by atoms with E-state index in [4.69, 9.17) is 23.5 Å². The summed E-state index contributed by atoms with van der Waals surface area (Å²) in [6, 6.07) is 9.45. The van der Waals surface area contributed by atoms with Crippen LogP contribution in [0.15, 0.2) is 36.5 Å². The molecule has 0 aliphatic carbocycles. The van der Waals surface area contributed by atoms with Crippen molar-refractivity contribution < 1.29 is 23.5 Å².